The zero-order valence-electron chi connectivity index (χ0n) is 34.9. The van der Waals surface area contributed by atoms with Gasteiger partial charge in [0.25, 0.3) is 0 Å². The molecule has 0 amide bonds. The lowest BCUT2D eigenvalue weighted by Gasteiger charge is -2.27. The average Bonchev–Trinajstić information content (AvgIpc) is 3.96. The summed E-state index contributed by atoms with van der Waals surface area (Å²) in [7, 11) is 0. The Labute approximate surface area is 371 Å². The summed E-state index contributed by atoms with van der Waals surface area (Å²) in [4.78, 5) is 4.68. The first-order valence-corrected chi connectivity index (χ1v) is 21.7. The first-order valence-electron chi connectivity index (χ1n) is 21.7. The Kier molecular flexibility index (Phi) is 9.12. The van der Waals surface area contributed by atoms with E-state index < -0.39 is 0 Å². The van der Waals surface area contributed by atoms with Crippen molar-refractivity contribution >= 4 is 77.5 Å². The molecule has 2 heterocycles. The molecular weight excluding hydrogens is 779 g/mol. The topological polar surface area (TPSA) is 24.6 Å². The molecule has 0 saturated heterocycles. The van der Waals surface area contributed by atoms with Crippen molar-refractivity contribution in [2.24, 2.45) is 0 Å². The number of benzene rings is 10. The molecule has 2 aromatic heterocycles. The van der Waals surface area contributed by atoms with Crippen LogP contribution in [0.25, 0.3) is 71.7 Å². The first-order chi connectivity index (χ1) is 31.7. The lowest BCUT2D eigenvalue weighted by atomic mass is 10.1. The van der Waals surface area contributed by atoms with E-state index in [0.717, 1.165) is 84.3 Å². The summed E-state index contributed by atoms with van der Waals surface area (Å²) in [6.07, 6.45) is 0. The predicted octanol–water partition coefficient (Wildman–Crippen LogP) is 17.0. The number of para-hydroxylation sites is 3. The highest BCUT2D eigenvalue weighted by Gasteiger charge is 2.20. The van der Waals surface area contributed by atoms with Gasteiger partial charge in [-0.2, -0.15) is 0 Å². The molecule has 0 aliphatic heterocycles. The van der Waals surface area contributed by atoms with Crippen molar-refractivity contribution in [2.75, 3.05) is 9.80 Å². The van der Waals surface area contributed by atoms with E-state index in [9.17, 15) is 0 Å². The summed E-state index contributed by atoms with van der Waals surface area (Å²) in [5.41, 5.74) is 13.0. The molecule has 0 spiro atoms. The smallest absolute Gasteiger partial charge is 0.135 e. The van der Waals surface area contributed by atoms with Gasteiger partial charge < -0.3 is 18.8 Å². The Balaban J connectivity index is 0.919. The number of hydrogen-bond acceptors (Lipinski definition) is 3. The summed E-state index contributed by atoms with van der Waals surface area (Å²) >= 11 is 0. The highest BCUT2D eigenvalue weighted by molar-refractivity contribution is 6.02. The number of aromatic nitrogens is 1. The zero-order chi connectivity index (χ0) is 42.4. The fraction of sp³-hybridized carbons (Fsp3) is 0. The number of hydrogen-bond donors (Lipinski definition) is 0. The maximum atomic E-state index is 6.68. The molecule has 12 aromatic rings. The first kappa shape index (κ1) is 37.2. The Morgan fingerprint density at radius 1 is 0.328 bits per heavy atom. The van der Waals surface area contributed by atoms with E-state index in [4.69, 9.17) is 4.42 Å². The molecule has 0 N–H and O–H groups in total. The molecule has 0 fully saturated rings. The maximum absolute atomic E-state index is 6.68. The van der Waals surface area contributed by atoms with Crippen LogP contribution in [0.5, 0.6) is 0 Å². The molecule has 4 nitrogen and oxygen atoms in total. The summed E-state index contributed by atoms with van der Waals surface area (Å²) in [6.45, 7) is 0. The van der Waals surface area contributed by atoms with E-state index in [-0.39, 0.29) is 0 Å². The van der Waals surface area contributed by atoms with Gasteiger partial charge in [0.15, 0.2) is 0 Å². The van der Waals surface area contributed by atoms with Gasteiger partial charge in [0.2, 0.25) is 0 Å². The maximum Gasteiger partial charge on any atom is 0.135 e. The fourth-order valence-corrected chi connectivity index (χ4v) is 9.32. The van der Waals surface area contributed by atoms with Crippen molar-refractivity contribution in [1.82, 2.24) is 4.57 Å². The molecule has 4 heteroatoms. The van der Waals surface area contributed by atoms with E-state index in [0.29, 0.717) is 0 Å². The van der Waals surface area contributed by atoms with Crippen molar-refractivity contribution in [3.63, 3.8) is 0 Å². The van der Waals surface area contributed by atoms with Gasteiger partial charge in [0.1, 0.15) is 11.3 Å². The van der Waals surface area contributed by atoms with Gasteiger partial charge in [-0.15, -0.1) is 0 Å². The Morgan fingerprint density at radius 2 is 0.797 bits per heavy atom. The molecule has 302 valence electrons. The van der Waals surface area contributed by atoms with Crippen LogP contribution < -0.4 is 9.80 Å². The van der Waals surface area contributed by atoms with Gasteiger partial charge >= 0.3 is 0 Å². The molecule has 10 aromatic carbocycles. The van der Waals surface area contributed by atoms with Gasteiger partial charge in [-0.25, -0.2) is 0 Å². The van der Waals surface area contributed by atoms with Crippen molar-refractivity contribution in [3.05, 3.63) is 249 Å². The number of rotatable bonds is 9. The molecule has 0 saturated carbocycles. The van der Waals surface area contributed by atoms with Gasteiger partial charge in [-0.1, -0.05) is 140 Å². The molecule has 0 bridgehead atoms. The van der Waals surface area contributed by atoms with Crippen LogP contribution in [0.3, 0.4) is 0 Å². The molecule has 0 aliphatic carbocycles. The Morgan fingerprint density at radius 3 is 1.36 bits per heavy atom. The molecule has 12 rings (SSSR count). The van der Waals surface area contributed by atoms with Gasteiger partial charge in [-0.05, 0) is 126 Å². The fourth-order valence-electron chi connectivity index (χ4n) is 9.32. The van der Waals surface area contributed by atoms with Gasteiger partial charge in [0.05, 0.1) is 22.6 Å². The van der Waals surface area contributed by atoms with E-state index in [1.807, 2.05) is 0 Å². The van der Waals surface area contributed by atoms with Crippen LogP contribution >= 0.6 is 0 Å². The van der Waals surface area contributed by atoms with Crippen LogP contribution in [0.15, 0.2) is 253 Å². The number of fused-ring (bicyclic) bond motifs is 4. The lowest BCUT2D eigenvalue weighted by Crippen LogP contribution is -2.10. The number of furan rings is 1. The summed E-state index contributed by atoms with van der Waals surface area (Å²) < 4.78 is 9.05. The number of nitrogens with zero attached hydrogens (tertiary/aromatic N) is 3. The average molecular weight is 820 g/mol. The van der Waals surface area contributed by atoms with Crippen LogP contribution in [0.1, 0.15) is 0 Å². The normalized spacial score (nSPS) is 11.4. The van der Waals surface area contributed by atoms with Crippen LogP contribution in [0, 0.1) is 0 Å². The van der Waals surface area contributed by atoms with E-state index in [2.05, 4.69) is 263 Å². The van der Waals surface area contributed by atoms with E-state index >= 15 is 0 Å². The monoisotopic (exact) mass is 819 g/mol. The van der Waals surface area contributed by atoms with Crippen LogP contribution in [0.4, 0.5) is 34.1 Å². The lowest BCUT2D eigenvalue weighted by molar-refractivity contribution is 0.632. The van der Waals surface area contributed by atoms with Crippen molar-refractivity contribution in [1.29, 1.82) is 0 Å². The van der Waals surface area contributed by atoms with Crippen molar-refractivity contribution in [3.8, 4) is 28.3 Å². The molecule has 64 heavy (non-hydrogen) atoms. The molecular formula is C60H41N3O. The summed E-state index contributed by atoms with van der Waals surface area (Å²) in [5, 5.41) is 7.00. The highest BCUT2D eigenvalue weighted by Crippen LogP contribution is 2.43. The summed E-state index contributed by atoms with van der Waals surface area (Å²) in [5.74, 6) is 0.835. The quantitative estimate of drug-likeness (QED) is 0.145. The van der Waals surface area contributed by atoms with Crippen molar-refractivity contribution < 1.29 is 4.42 Å². The Bertz CT molecular complexity index is 3580. The van der Waals surface area contributed by atoms with Crippen LogP contribution in [0.2, 0.25) is 0 Å². The molecule has 0 radical (unpaired) electrons. The van der Waals surface area contributed by atoms with Gasteiger partial charge in [-0.3, -0.25) is 0 Å². The minimum atomic E-state index is 0.835. The zero-order valence-corrected chi connectivity index (χ0v) is 34.9. The molecule has 0 aliphatic rings. The third-order valence-electron chi connectivity index (χ3n) is 12.3. The third kappa shape index (κ3) is 6.57. The molecule has 0 unspecified atom stereocenters. The molecule has 0 atom stereocenters. The predicted molar refractivity (Wildman–Crippen MR) is 268 cm³/mol. The minimum Gasteiger partial charge on any atom is -0.456 e. The minimum absolute atomic E-state index is 0.835. The highest BCUT2D eigenvalue weighted by atomic mass is 16.3. The van der Waals surface area contributed by atoms with Crippen LogP contribution in [-0.2, 0) is 0 Å². The second-order valence-corrected chi connectivity index (χ2v) is 16.2. The van der Waals surface area contributed by atoms with E-state index in [1.165, 1.54) is 21.5 Å². The number of anilines is 6. The summed E-state index contributed by atoms with van der Waals surface area (Å²) in [6, 6.07) is 88.6. The third-order valence-corrected chi connectivity index (χ3v) is 12.3. The second-order valence-electron chi connectivity index (χ2n) is 16.2. The van der Waals surface area contributed by atoms with Gasteiger partial charge in [0, 0.05) is 55.5 Å². The standard InChI is InChI=1S/C60H41N3O/c1-4-20-48(21-5-1)61(55-28-14-18-42-16-10-12-26-53(42)55)51-34-30-44(31-35-51)57-38-46-40-60-47(39-58(46)63(57)50-24-8-3-9-25-50)41-59(64-60)45-32-36-52(37-33-45)62(49-22-6-2-7-23-49)56-29-15-19-43-17-11-13-27-54(43)56/h1-41H. The SMILES string of the molecule is c1ccc(N(c2ccc(-c3cc4cc5c(cc(-c6ccc(N(c7ccccc7)c7cccc8ccccc78)cc6)n5-c5ccccc5)cc4o3)cc2)c2cccc3ccccc23)cc1. The Hall–Kier alpha value is -8.60. The largest absolute Gasteiger partial charge is 0.456 e. The van der Waals surface area contributed by atoms with Crippen LogP contribution in [-0.4, -0.2) is 4.57 Å². The second kappa shape index (κ2) is 15.7. The van der Waals surface area contributed by atoms with Crippen molar-refractivity contribution in [2.45, 2.75) is 0 Å². The van der Waals surface area contributed by atoms with E-state index in [1.54, 1.807) is 0 Å².